The third-order valence-corrected chi connectivity index (χ3v) is 2.99. The van der Waals surface area contributed by atoms with Crippen molar-refractivity contribution in [1.29, 1.82) is 0 Å². The maximum Gasteiger partial charge on any atom is 0.140 e. The molecule has 1 rings (SSSR count). The minimum Gasteiger partial charge on any atom is -0.496 e. The predicted octanol–water partition coefficient (Wildman–Crippen LogP) is 3.03. The molecule has 0 bridgehead atoms. The molecule has 0 aliphatic carbocycles. The molecule has 0 aliphatic heterocycles. The fraction of sp³-hybridized carbons (Fsp3) is 0.300. The van der Waals surface area contributed by atoms with E-state index in [1.165, 1.54) is 11.8 Å². The lowest BCUT2D eigenvalue weighted by molar-refractivity contribution is -0.114. The molecule has 0 atom stereocenters. The highest BCUT2D eigenvalue weighted by Crippen LogP contribution is 2.31. The van der Waals surface area contributed by atoms with E-state index in [0.29, 0.717) is 16.5 Å². The Morgan fingerprint density at radius 2 is 2.29 bits per heavy atom. The molecular formula is C10H11ClO2S. The number of methoxy groups -OCH3 is 1. The number of carbonyl (C=O) groups excluding carboxylic acids is 1. The first-order chi connectivity index (χ1) is 6.63. The minimum absolute atomic E-state index is 0.145. The van der Waals surface area contributed by atoms with Gasteiger partial charge in [-0.25, -0.2) is 0 Å². The minimum atomic E-state index is 0.145. The maximum atomic E-state index is 10.8. The van der Waals surface area contributed by atoms with Crippen molar-refractivity contribution in [2.75, 3.05) is 12.9 Å². The number of ether oxygens (including phenoxy) is 1. The predicted molar refractivity (Wildman–Crippen MR) is 59.4 cm³/mol. The van der Waals surface area contributed by atoms with Crippen LogP contribution < -0.4 is 4.74 Å². The zero-order valence-electron chi connectivity index (χ0n) is 8.04. The van der Waals surface area contributed by atoms with E-state index in [1.54, 1.807) is 26.2 Å². The molecule has 0 heterocycles. The number of carbonyl (C=O) groups is 1. The summed E-state index contributed by atoms with van der Waals surface area (Å²) in [4.78, 5) is 11.7. The normalized spacial score (nSPS) is 9.93. The standard InChI is InChI=1S/C10H11ClO2S/c1-7(12)6-14-10-4-3-8(11)5-9(10)13-2/h3-5H,6H2,1-2H3. The van der Waals surface area contributed by atoms with E-state index in [2.05, 4.69) is 0 Å². The Morgan fingerprint density at radius 1 is 1.57 bits per heavy atom. The van der Waals surface area contributed by atoms with E-state index in [4.69, 9.17) is 16.3 Å². The summed E-state index contributed by atoms with van der Waals surface area (Å²) in [6, 6.07) is 5.38. The number of halogens is 1. The first-order valence-electron chi connectivity index (χ1n) is 4.09. The molecule has 0 aliphatic rings. The summed E-state index contributed by atoms with van der Waals surface area (Å²) in [6.45, 7) is 1.56. The second-order valence-corrected chi connectivity index (χ2v) is 4.24. The molecule has 0 unspecified atom stereocenters. The number of hydrogen-bond donors (Lipinski definition) is 0. The summed E-state index contributed by atoms with van der Waals surface area (Å²) in [5.41, 5.74) is 0. The largest absolute Gasteiger partial charge is 0.496 e. The summed E-state index contributed by atoms with van der Waals surface area (Å²) in [5, 5.41) is 0.633. The molecule has 4 heteroatoms. The Morgan fingerprint density at radius 3 is 2.86 bits per heavy atom. The molecule has 0 amide bonds. The Hall–Kier alpha value is -0.670. The Kier molecular flexibility index (Phi) is 4.29. The monoisotopic (exact) mass is 230 g/mol. The van der Waals surface area contributed by atoms with Gasteiger partial charge in [-0.15, -0.1) is 11.8 Å². The van der Waals surface area contributed by atoms with Crippen molar-refractivity contribution in [3.05, 3.63) is 23.2 Å². The molecule has 0 N–H and O–H groups in total. The summed E-state index contributed by atoms with van der Waals surface area (Å²) < 4.78 is 5.14. The number of hydrogen-bond acceptors (Lipinski definition) is 3. The van der Waals surface area contributed by atoms with Gasteiger partial charge in [0.15, 0.2) is 0 Å². The van der Waals surface area contributed by atoms with Crippen LogP contribution in [-0.2, 0) is 4.79 Å². The summed E-state index contributed by atoms with van der Waals surface area (Å²) in [5.74, 6) is 1.31. The molecule has 0 saturated carbocycles. The number of thioether (sulfide) groups is 1. The van der Waals surface area contributed by atoms with Crippen LogP contribution in [0.1, 0.15) is 6.92 Å². The first-order valence-corrected chi connectivity index (χ1v) is 5.45. The molecule has 0 radical (unpaired) electrons. The van der Waals surface area contributed by atoms with Gasteiger partial charge in [-0.3, -0.25) is 4.79 Å². The van der Waals surface area contributed by atoms with E-state index < -0.39 is 0 Å². The average molecular weight is 231 g/mol. The molecular weight excluding hydrogens is 220 g/mol. The van der Waals surface area contributed by atoms with Crippen LogP contribution in [0.2, 0.25) is 5.02 Å². The van der Waals surface area contributed by atoms with Gasteiger partial charge in [-0.1, -0.05) is 11.6 Å². The molecule has 1 aromatic rings. The molecule has 0 saturated heterocycles. The zero-order valence-corrected chi connectivity index (χ0v) is 9.61. The van der Waals surface area contributed by atoms with E-state index >= 15 is 0 Å². The van der Waals surface area contributed by atoms with E-state index in [1.807, 2.05) is 6.07 Å². The summed E-state index contributed by atoms with van der Waals surface area (Å²) in [6.07, 6.45) is 0. The van der Waals surface area contributed by atoms with Crippen LogP contribution in [0.25, 0.3) is 0 Å². The van der Waals surface area contributed by atoms with Crippen LogP contribution in [0.15, 0.2) is 23.1 Å². The van der Waals surface area contributed by atoms with Crippen LogP contribution in [0.3, 0.4) is 0 Å². The zero-order chi connectivity index (χ0) is 10.6. The molecule has 1 aromatic carbocycles. The van der Waals surface area contributed by atoms with Crippen molar-refractivity contribution < 1.29 is 9.53 Å². The summed E-state index contributed by atoms with van der Waals surface area (Å²) >= 11 is 7.26. The van der Waals surface area contributed by atoms with Gasteiger partial charge in [-0.2, -0.15) is 0 Å². The number of Topliss-reactive ketones (excluding diaryl/α,β-unsaturated/α-hetero) is 1. The SMILES string of the molecule is COc1cc(Cl)ccc1SCC(C)=O. The van der Waals surface area contributed by atoms with Gasteiger partial charge in [0.25, 0.3) is 0 Å². The van der Waals surface area contributed by atoms with Gasteiger partial charge in [0.05, 0.1) is 12.9 Å². The van der Waals surface area contributed by atoms with Crippen LogP contribution in [-0.4, -0.2) is 18.6 Å². The van der Waals surface area contributed by atoms with Crippen molar-refractivity contribution >= 4 is 29.1 Å². The molecule has 0 spiro atoms. The third kappa shape index (κ3) is 3.24. The van der Waals surface area contributed by atoms with Crippen LogP contribution in [0.4, 0.5) is 0 Å². The maximum absolute atomic E-state index is 10.8. The van der Waals surface area contributed by atoms with Crippen LogP contribution >= 0.6 is 23.4 Å². The quantitative estimate of drug-likeness (QED) is 0.744. The lowest BCUT2D eigenvalue weighted by Gasteiger charge is -2.06. The third-order valence-electron chi connectivity index (χ3n) is 1.56. The fourth-order valence-electron chi connectivity index (χ4n) is 0.940. The van der Waals surface area contributed by atoms with Gasteiger partial charge >= 0.3 is 0 Å². The van der Waals surface area contributed by atoms with Gasteiger partial charge in [-0.05, 0) is 25.1 Å². The van der Waals surface area contributed by atoms with Gasteiger partial charge in [0, 0.05) is 9.92 Å². The second kappa shape index (κ2) is 5.27. The Balaban J connectivity index is 2.80. The van der Waals surface area contributed by atoms with Crippen molar-refractivity contribution in [2.24, 2.45) is 0 Å². The van der Waals surface area contributed by atoms with Crippen LogP contribution in [0.5, 0.6) is 5.75 Å². The van der Waals surface area contributed by atoms with Crippen molar-refractivity contribution in [2.45, 2.75) is 11.8 Å². The van der Waals surface area contributed by atoms with E-state index in [-0.39, 0.29) is 5.78 Å². The lowest BCUT2D eigenvalue weighted by atomic mass is 10.3. The van der Waals surface area contributed by atoms with Gasteiger partial charge in [0.2, 0.25) is 0 Å². The molecule has 14 heavy (non-hydrogen) atoms. The highest BCUT2D eigenvalue weighted by Gasteiger charge is 2.05. The average Bonchev–Trinajstić information content (AvgIpc) is 2.15. The highest BCUT2D eigenvalue weighted by molar-refractivity contribution is 8.00. The number of benzene rings is 1. The van der Waals surface area contributed by atoms with Gasteiger partial charge in [0.1, 0.15) is 11.5 Å². The topological polar surface area (TPSA) is 26.3 Å². The smallest absolute Gasteiger partial charge is 0.140 e. The van der Waals surface area contributed by atoms with Crippen molar-refractivity contribution in [1.82, 2.24) is 0 Å². The van der Waals surface area contributed by atoms with Crippen LogP contribution in [0, 0.1) is 0 Å². The highest BCUT2D eigenvalue weighted by atomic mass is 35.5. The second-order valence-electron chi connectivity index (χ2n) is 2.79. The fourth-order valence-corrected chi connectivity index (χ4v) is 1.91. The van der Waals surface area contributed by atoms with E-state index in [9.17, 15) is 4.79 Å². The molecule has 0 aromatic heterocycles. The molecule has 0 fully saturated rings. The molecule has 76 valence electrons. The number of rotatable bonds is 4. The lowest BCUT2D eigenvalue weighted by Crippen LogP contribution is -1.94. The Labute approximate surface area is 92.6 Å². The Bertz CT molecular complexity index is 339. The van der Waals surface area contributed by atoms with Crippen molar-refractivity contribution in [3.63, 3.8) is 0 Å². The molecule has 2 nitrogen and oxygen atoms in total. The summed E-state index contributed by atoms with van der Waals surface area (Å²) in [7, 11) is 1.59. The first kappa shape index (κ1) is 11.4. The number of ketones is 1. The van der Waals surface area contributed by atoms with Crippen molar-refractivity contribution in [3.8, 4) is 5.75 Å². The van der Waals surface area contributed by atoms with E-state index in [0.717, 1.165) is 4.90 Å². The van der Waals surface area contributed by atoms with Gasteiger partial charge < -0.3 is 4.74 Å².